The minimum absolute atomic E-state index is 0.200. The SMILES string of the molecule is CC(C)COC(=O)C(C)NC(=O)C(Cc1ccccc1)NC(=O)OC(C)(C)C. The van der Waals surface area contributed by atoms with Gasteiger partial charge in [0.05, 0.1) is 6.61 Å². The maximum Gasteiger partial charge on any atom is 0.408 e. The number of nitrogens with one attached hydrogen (secondary N) is 2. The van der Waals surface area contributed by atoms with Crippen LogP contribution >= 0.6 is 0 Å². The molecule has 2 atom stereocenters. The van der Waals surface area contributed by atoms with Crippen molar-refractivity contribution in [2.75, 3.05) is 6.61 Å². The van der Waals surface area contributed by atoms with Gasteiger partial charge in [0.15, 0.2) is 0 Å². The number of alkyl carbamates (subject to hydrolysis) is 1. The zero-order valence-electron chi connectivity index (χ0n) is 17.6. The summed E-state index contributed by atoms with van der Waals surface area (Å²) in [6.45, 7) is 10.9. The van der Waals surface area contributed by atoms with E-state index in [2.05, 4.69) is 10.6 Å². The molecule has 0 aromatic heterocycles. The van der Waals surface area contributed by atoms with E-state index >= 15 is 0 Å². The van der Waals surface area contributed by atoms with Gasteiger partial charge in [0.1, 0.15) is 17.7 Å². The molecule has 0 aliphatic carbocycles. The second-order valence-corrected chi connectivity index (χ2v) is 8.14. The molecule has 0 saturated carbocycles. The second-order valence-electron chi connectivity index (χ2n) is 8.14. The Labute approximate surface area is 167 Å². The Morgan fingerprint density at radius 1 is 1.00 bits per heavy atom. The van der Waals surface area contributed by atoms with Gasteiger partial charge >= 0.3 is 12.1 Å². The van der Waals surface area contributed by atoms with Gasteiger partial charge in [0.2, 0.25) is 5.91 Å². The van der Waals surface area contributed by atoms with Crippen LogP contribution in [0, 0.1) is 5.92 Å². The highest BCUT2D eigenvalue weighted by Crippen LogP contribution is 2.09. The van der Waals surface area contributed by atoms with Crippen molar-refractivity contribution in [2.24, 2.45) is 5.92 Å². The van der Waals surface area contributed by atoms with Crippen molar-refractivity contribution in [1.82, 2.24) is 10.6 Å². The molecule has 0 spiro atoms. The summed E-state index contributed by atoms with van der Waals surface area (Å²) in [6.07, 6.45) is -0.432. The van der Waals surface area contributed by atoms with Crippen LogP contribution in [0.4, 0.5) is 4.79 Å². The van der Waals surface area contributed by atoms with Crippen molar-refractivity contribution in [1.29, 1.82) is 0 Å². The van der Waals surface area contributed by atoms with Crippen LogP contribution in [0.2, 0.25) is 0 Å². The Hall–Kier alpha value is -2.57. The van der Waals surface area contributed by atoms with Crippen LogP contribution in [0.15, 0.2) is 30.3 Å². The van der Waals surface area contributed by atoms with Crippen molar-refractivity contribution < 1.29 is 23.9 Å². The quantitative estimate of drug-likeness (QED) is 0.664. The van der Waals surface area contributed by atoms with Crippen molar-refractivity contribution in [3.63, 3.8) is 0 Å². The summed E-state index contributed by atoms with van der Waals surface area (Å²) in [5.41, 5.74) is 0.181. The molecule has 1 aromatic carbocycles. The van der Waals surface area contributed by atoms with Crippen molar-refractivity contribution >= 4 is 18.0 Å². The Morgan fingerprint density at radius 3 is 2.14 bits per heavy atom. The molecule has 0 radical (unpaired) electrons. The standard InChI is InChI=1S/C21H32N2O5/c1-14(2)13-27-19(25)15(3)22-18(24)17(12-16-10-8-7-9-11-16)23-20(26)28-21(4,5)6/h7-11,14-15,17H,12-13H2,1-6H3,(H,22,24)(H,23,26). The number of esters is 1. The molecule has 7 nitrogen and oxygen atoms in total. The van der Waals surface area contributed by atoms with Crippen molar-refractivity contribution in [2.45, 2.75) is 65.6 Å². The van der Waals surface area contributed by atoms with Crippen LogP contribution in [0.5, 0.6) is 0 Å². The molecule has 1 rings (SSSR count). The third-order valence-electron chi connectivity index (χ3n) is 3.56. The molecule has 0 aliphatic heterocycles. The summed E-state index contributed by atoms with van der Waals surface area (Å²) in [7, 11) is 0. The molecule has 7 heteroatoms. The molecule has 1 aromatic rings. The fourth-order valence-electron chi connectivity index (χ4n) is 2.26. The van der Waals surface area contributed by atoms with E-state index in [1.165, 1.54) is 0 Å². The molecule has 0 fully saturated rings. The Balaban J connectivity index is 2.80. The van der Waals surface area contributed by atoms with E-state index in [4.69, 9.17) is 9.47 Å². The summed E-state index contributed by atoms with van der Waals surface area (Å²) in [5.74, 6) is -0.798. The third-order valence-corrected chi connectivity index (χ3v) is 3.56. The van der Waals surface area contributed by atoms with Crippen LogP contribution in [0.25, 0.3) is 0 Å². The summed E-state index contributed by atoms with van der Waals surface area (Å²) < 4.78 is 10.4. The largest absolute Gasteiger partial charge is 0.464 e. The second kappa shape index (κ2) is 10.7. The van der Waals surface area contributed by atoms with Crippen LogP contribution < -0.4 is 10.6 Å². The monoisotopic (exact) mass is 392 g/mol. The highest BCUT2D eigenvalue weighted by molar-refractivity contribution is 5.89. The van der Waals surface area contributed by atoms with Crippen LogP contribution in [-0.4, -0.2) is 42.3 Å². The van der Waals surface area contributed by atoms with Crippen molar-refractivity contribution in [3.8, 4) is 0 Å². The lowest BCUT2D eigenvalue weighted by atomic mass is 10.1. The molecule has 0 aliphatic rings. The Bertz CT molecular complexity index is 653. The smallest absolute Gasteiger partial charge is 0.408 e. The number of hydrogen-bond donors (Lipinski definition) is 2. The van der Waals surface area contributed by atoms with Crippen molar-refractivity contribution in [3.05, 3.63) is 35.9 Å². The van der Waals surface area contributed by atoms with Gasteiger partial charge in [0, 0.05) is 6.42 Å². The fourth-order valence-corrected chi connectivity index (χ4v) is 2.26. The van der Waals surface area contributed by atoms with Gasteiger partial charge in [0.25, 0.3) is 0 Å². The lowest BCUT2D eigenvalue weighted by Gasteiger charge is -2.24. The minimum atomic E-state index is -0.891. The summed E-state index contributed by atoms with van der Waals surface area (Å²) in [5, 5.41) is 5.20. The van der Waals surface area contributed by atoms with E-state index in [1.807, 2.05) is 44.2 Å². The lowest BCUT2D eigenvalue weighted by Crippen LogP contribution is -2.52. The summed E-state index contributed by atoms with van der Waals surface area (Å²) in [4.78, 5) is 36.9. The maximum absolute atomic E-state index is 12.7. The van der Waals surface area contributed by atoms with Gasteiger partial charge in [-0.2, -0.15) is 0 Å². The number of carbonyl (C=O) groups excluding carboxylic acids is 3. The van der Waals surface area contributed by atoms with E-state index in [9.17, 15) is 14.4 Å². The van der Waals surface area contributed by atoms with E-state index in [0.717, 1.165) is 5.56 Å². The highest BCUT2D eigenvalue weighted by Gasteiger charge is 2.27. The van der Waals surface area contributed by atoms with E-state index in [0.29, 0.717) is 0 Å². The molecule has 2 amide bonds. The highest BCUT2D eigenvalue weighted by atomic mass is 16.6. The fraction of sp³-hybridized carbons (Fsp3) is 0.571. The van der Waals surface area contributed by atoms with Crippen LogP contribution in [0.3, 0.4) is 0 Å². The number of rotatable bonds is 8. The first-order valence-electron chi connectivity index (χ1n) is 9.48. The lowest BCUT2D eigenvalue weighted by molar-refractivity contribution is -0.148. The maximum atomic E-state index is 12.7. The first kappa shape index (κ1) is 23.5. The summed E-state index contributed by atoms with van der Waals surface area (Å²) >= 11 is 0. The first-order chi connectivity index (χ1) is 13.0. The van der Waals surface area contributed by atoms with Gasteiger partial charge < -0.3 is 20.1 Å². The number of benzene rings is 1. The zero-order chi connectivity index (χ0) is 21.3. The predicted molar refractivity (Wildman–Crippen MR) is 107 cm³/mol. The average Bonchev–Trinajstić information content (AvgIpc) is 2.58. The molecular formula is C21H32N2O5. The first-order valence-corrected chi connectivity index (χ1v) is 9.48. The average molecular weight is 392 g/mol. The summed E-state index contributed by atoms with van der Waals surface area (Å²) in [6, 6.07) is 7.57. The van der Waals surface area contributed by atoms with Crippen LogP contribution in [-0.2, 0) is 25.5 Å². The Kier molecular flexibility index (Phi) is 8.96. The van der Waals surface area contributed by atoms with E-state index < -0.39 is 35.7 Å². The third kappa shape index (κ3) is 9.39. The molecular weight excluding hydrogens is 360 g/mol. The molecule has 0 bridgehead atoms. The Morgan fingerprint density at radius 2 is 1.61 bits per heavy atom. The molecule has 2 unspecified atom stereocenters. The van der Waals surface area contributed by atoms with E-state index in [-0.39, 0.29) is 18.9 Å². The topological polar surface area (TPSA) is 93.7 Å². The molecule has 2 N–H and O–H groups in total. The molecule has 0 heterocycles. The molecule has 0 saturated heterocycles. The van der Waals surface area contributed by atoms with Gasteiger partial charge in [-0.15, -0.1) is 0 Å². The minimum Gasteiger partial charge on any atom is -0.464 e. The number of hydrogen-bond acceptors (Lipinski definition) is 5. The number of carbonyl (C=O) groups is 3. The van der Waals surface area contributed by atoms with Crippen LogP contribution in [0.1, 0.15) is 47.1 Å². The normalized spacial score (nSPS) is 13.4. The zero-order valence-corrected chi connectivity index (χ0v) is 17.6. The van der Waals surface area contributed by atoms with Gasteiger partial charge in [-0.1, -0.05) is 44.2 Å². The van der Waals surface area contributed by atoms with Gasteiger partial charge in [-0.3, -0.25) is 4.79 Å². The van der Waals surface area contributed by atoms with E-state index in [1.54, 1.807) is 27.7 Å². The molecule has 156 valence electrons. The number of amides is 2. The number of ether oxygens (including phenoxy) is 2. The molecule has 28 heavy (non-hydrogen) atoms. The predicted octanol–water partition coefficient (Wildman–Crippen LogP) is 2.83. The van der Waals surface area contributed by atoms with Gasteiger partial charge in [-0.05, 0) is 39.2 Å². The van der Waals surface area contributed by atoms with Gasteiger partial charge in [-0.25, -0.2) is 9.59 Å².